The van der Waals surface area contributed by atoms with Gasteiger partial charge in [0.05, 0.1) is 11.9 Å². The second kappa shape index (κ2) is 10.4. The number of rotatable bonds is 6. The summed E-state index contributed by atoms with van der Waals surface area (Å²) in [6.45, 7) is 4.44. The van der Waals surface area contributed by atoms with Crippen LogP contribution in [0.4, 0.5) is 10.5 Å². The number of ether oxygens (including phenoxy) is 1. The molecular weight excluding hydrogens is 424 g/mol. The van der Waals surface area contributed by atoms with Crippen LogP contribution in [-0.2, 0) is 13.2 Å². The first-order valence-corrected chi connectivity index (χ1v) is 11.6. The highest BCUT2D eigenvalue weighted by Crippen LogP contribution is 2.22. The number of benzene rings is 3. The molecule has 5 rings (SSSR count). The number of hydrogen-bond donors (Lipinski definition) is 1. The largest absolute Gasteiger partial charge is 0.489 e. The molecular formula is C28H28N4O2. The van der Waals surface area contributed by atoms with E-state index in [0.29, 0.717) is 19.7 Å². The molecule has 1 N–H and O–H groups in total. The second-order valence-corrected chi connectivity index (χ2v) is 8.51. The molecule has 0 bridgehead atoms. The maximum absolute atomic E-state index is 12.5. The van der Waals surface area contributed by atoms with Gasteiger partial charge >= 0.3 is 6.03 Å². The molecule has 4 aromatic rings. The summed E-state index contributed by atoms with van der Waals surface area (Å²) >= 11 is 0. The molecule has 1 fully saturated rings. The summed E-state index contributed by atoms with van der Waals surface area (Å²) in [4.78, 5) is 20.8. The minimum atomic E-state index is -0.0727. The molecule has 34 heavy (non-hydrogen) atoms. The molecule has 0 atom stereocenters. The molecule has 1 aliphatic heterocycles. The summed E-state index contributed by atoms with van der Waals surface area (Å²) in [7, 11) is 0. The maximum Gasteiger partial charge on any atom is 0.321 e. The van der Waals surface area contributed by atoms with Gasteiger partial charge in [-0.3, -0.25) is 9.88 Å². The van der Waals surface area contributed by atoms with Crippen molar-refractivity contribution in [3.63, 3.8) is 0 Å². The van der Waals surface area contributed by atoms with Gasteiger partial charge in [-0.25, -0.2) is 4.79 Å². The third-order valence-corrected chi connectivity index (χ3v) is 6.15. The monoisotopic (exact) mass is 452 g/mol. The summed E-state index contributed by atoms with van der Waals surface area (Å²) in [6.07, 6.45) is 3.35. The third kappa shape index (κ3) is 5.35. The van der Waals surface area contributed by atoms with E-state index in [-0.39, 0.29) is 6.03 Å². The van der Waals surface area contributed by atoms with Crippen molar-refractivity contribution in [2.75, 3.05) is 31.5 Å². The van der Waals surface area contributed by atoms with E-state index in [1.165, 1.54) is 21.9 Å². The number of fused-ring (bicyclic) bond motifs is 1. The molecule has 0 aliphatic carbocycles. The Balaban J connectivity index is 1.14. The van der Waals surface area contributed by atoms with Crippen molar-refractivity contribution < 1.29 is 9.53 Å². The summed E-state index contributed by atoms with van der Waals surface area (Å²) < 4.78 is 6.15. The smallest absolute Gasteiger partial charge is 0.321 e. The van der Waals surface area contributed by atoms with E-state index in [1.807, 2.05) is 29.2 Å². The normalized spacial score (nSPS) is 14.2. The number of pyridine rings is 1. The molecule has 3 aromatic carbocycles. The number of piperazine rings is 1. The number of amides is 2. The Kier molecular flexibility index (Phi) is 6.68. The number of anilines is 1. The lowest BCUT2D eigenvalue weighted by molar-refractivity contribution is 0.143. The fourth-order valence-corrected chi connectivity index (χ4v) is 4.32. The van der Waals surface area contributed by atoms with E-state index < -0.39 is 0 Å². The lowest BCUT2D eigenvalue weighted by Crippen LogP contribution is -2.49. The van der Waals surface area contributed by atoms with E-state index >= 15 is 0 Å². The topological polar surface area (TPSA) is 57.7 Å². The molecule has 1 saturated heterocycles. The number of urea groups is 1. The first-order valence-electron chi connectivity index (χ1n) is 11.6. The van der Waals surface area contributed by atoms with Crippen molar-refractivity contribution in [1.82, 2.24) is 14.8 Å². The molecule has 2 heterocycles. The molecule has 0 saturated carbocycles. The quantitative estimate of drug-likeness (QED) is 0.439. The Morgan fingerprint density at radius 3 is 2.59 bits per heavy atom. The van der Waals surface area contributed by atoms with Gasteiger partial charge in [0.25, 0.3) is 0 Å². The van der Waals surface area contributed by atoms with Crippen LogP contribution in [0.5, 0.6) is 5.75 Å². The van der Waals surface area contributed by atoms with Crippen LogP contribution in [-0.4, -0.2) is 47.0 Å². The average molecular weight is 453 g/mol. The average Bonchev–Trinajstić information content (AvgIpc) is 2.89. The Labute approximate surface area is 199 Å². The standard InChI is InChI=1S/C28H28N4O2/c33-28(30-25-10-5-13-29-19-25)32-16-14-31(15-17-32)20-22-6-3-11-26(18-22)34-21-24-9-4-8-23-7-1-2-12-27(23)24/h1-13,18-19H,14-17,20-21H2,(H,30,33). The van der Waals surface area contributed by atoms with E-state index in [0.717, 1.165) is 31.1 Å². The molecule has 0 unspecified atom stereocenters. The van der Waals surface area contributed by atoms with E-state index in [1.54, 1.807) is 12.4 Å². The third-order valence-electron chi connectivity index (χ3n) is 6.15. The summed E-state index contributed by atoms with van der Waals surface area (Å²) in [5, 5.41) is 5.37. The Morgan fingerprint density at radius 2 is 1.74 bits per heavy atom. The number of nitrogens with zero attached hydrogens (tertiary/aromatic N) is 3. The van der Waals surface area contributed by atoms with Crippen LogP contribution in [0.1, 0.15) is 11.1 Å². The van der Waals surface area contributed by atoms with Crippen LogP contribution >= 0.6 is 0 Å². The minimum Gasteiger partial charge on any atom is -0.489 e. The van der Waals surface area contributed by atoms with Crippen LogP contribution in [0.3, 0.4) is 0 Å². The first-order chi connectivity index (χ1) is 16.7. The van der Waals surface area contributed by atoms with Crippen LogP contribution in [0, 0.1) is 0 Å². The van der Waals surface area contributed by atoms with Crippen LogP contribution in [0.15, 0.2) is 91.3 Å². The molecule has 2 amide bonds. The van der Waals surface area contributed by atoms with Crippen molar-refractivity contribution >= 4 is 22.5 Å². The maximum atomic E-state index is 12.5. The molecule has 6 nitrogen and oxygen atoms in total. The number of hydrogen-bond acceptors (Lipinski definition) is 4. The highest BCUT2D eigenvalue weighted by atomic mass is 16.5. The number of nitrogens with one attached hydrogen (secondary N) is 1. The minimum absolute atomic E-state index is 0.0727. The van der Waals surface area contributed by atoms with Gasteiger partial charge in [0.2, 0.25) is 0 Å². The molecule has 172 valence electrons. The highest BCUT2D eigenvalue weighted by molar-refractivity contribution is 5.89. The number of carbonyl (C=O) groups excluding carboxylic acids is 1. The van der Waals surface area contributed by atoms with Crippen molar-refractivity contribution in [3.05, 3.63) is 102 Å². The molecule has 0 radical (unpaired) electrons. The molecule has 1 aromatic heterocycles. The predicted molar refractivity (Wildman–Crippen MR) is 135 cm³/mol. The van der Waals surface area contributed by atoms with Crippen LogP contribution in [0.2, 0.25) is 0 Å². The Bertz CT molecular complexity index is 1250. The SMILES string of the molecule is O=C(Nc1cccnc1)N1CCN(Cc2cccc(OCc3cccc4ccccc34)c2)CC1. The van der Waals surface area contributed by atoms with Crippen LogP contribution < -0.4 is 10.1 Å². The van der Waals surface area contributed by atoms with Crippen molar-refractivity contribution in [2.45, 2.75) is 13.2 Å². The highest BCUT2D eigenvalue weighted by Gasteiger charge is 2.21. The summed E-state index contributed by atoms with van der Waals surface area (Å²) in [5.74, 6) is 0.875. The van der Waals surface area contributed by atoms with Gasteiger partial charge in [0.1, 0.15) is 12.4 Å². The Morgan fingerprint density at radius 1 is 0.912 bits per heavy atom. The predicted octanol–water partition coefficient (Wildman–Crippen LogP) is 5.16. The van der Waals surface area contributed by atoms with E-state index in [2.05, 4.69) is 69.8 Å². The van der Waals surface area contributed by atoms with Crippen molar-refractivity contribution in [1.29, 1.82) is 0 Å². The summed E-state index contributed by atoms with van der Waals surface area (Å²) in [5.41, 5.74) is 3.11. The van der Waals surface area contributed by atoms with Gasteiger partial charge < -0.3 is 15.0 Å². The first kappa shape index (κ1) is 21.9. The fourth-order valence-electron chi connectivity index (χ4n) is 4.32. The molecule has 1 aliphatic rings. The number of carbonyl (C=O) groups is 1. The van der Waals surface area contributed by atoms with Crippen molar-refractivity contribution in [2.24, 2.45) is 0 Å². The van der Waals surface area contributed by atoms with Gasteiger partial charge in [0, 0.05) is 38.9 Å². The van der Waals surface area contributed by atoms with Crippen molar-refractivity contribution in [3.8, 4) is 5.75 Å². The van der Waals surface area contributed by atoms with Gasteiger partial charge in [-0.15, -0.1) is 0 Å². The van der Waals surface area contributed by atoms with Gasteiger partial charge in [-0.2, -0.15) is 0 Å². The fraction of sp³-hybridized carbons (Fsp3) is 0.214. The number of aromatic nitrogens is 1. The second-order valence-electron chi connectivity index (χ2n) is 8.51. The van der Waals surface area contributed by atoms with Gasteiger partial charge in [-0.1, -0.05) is 54.6 Å². The van der Waals surface area contributed by atoms with E-state index in [4.69, 9.17) is 4.74 Å². The zero-order chi connectivity index (χ0) is 23.2. The Hall–Kier alpha value is -3.90. The molecule has 6 heteroatoms. The van der Waals surface area contributed by atoms with Crippen LogP contribution in [0.25, 0.3) is 10.8 Å². The zero-order valence-electron chi connectivity index (χ0n) is 19.1. The zero-order valence-corrected chi connectivity index (χ0v) is 19.1. The molecule has 0 spiro atoms. The lowest BCUT2D eigenvalue weighted by atomic mass is 10.1. The lowest BCUT2D eigenvalue weighted by Gasteiger charge is -2.34. The van der Waals surface area contributed by atoms with Gasteiger partial charge in [-0.05, 0) is 46.2 Å². The van der Waals surface area contributed by atoms with E-state index in [9.17, 15) is 4.79 Å². The summed E-state index contributed by atoms with van der Waals surface area (Å²) in [6, 6.07) is 26.6. The van der Waals surface area contributed by atoms with Gasteiger partial charge in [0.15, 0.2) is 0 Å².